The third-order valence-corrected chi connectivity index (χ3v) is 4.86. The molecule has 2 heterocycles. The van der Waals surface area contributed by atoms with Crippen molar-refractivity contribution in [3.63, 3.8) is 0 Å². The molecule has 0 spiro atoms. The van der Waals surface area contributed by atoms with Gasteiger partial charge in [0.25, 0.3) is 5.91 Å². The lowest BCUT2D eigenvalue weighted by Gasteiger charge is -2.08. The molecule has 0 fully saturated rings. The molecule has 0 aliphatic heterocycles. The largest absolute Gasteiger partial charge is 0.484 e. The van der Waals surface area contributed by atoms with Gasteiger partial charge in [-0.3, -0.25) is 9.78 Å². The zero-order valence-electron chi connectivity index (χ0n) is 14.9. The predicted octanol–water partition coefficient (Wildman–Crippen LogP) is 4.89. The number of hydrogen-bond acceptors (Lipinski definition) is 5. The lowest BCUT2D eigenvalue weighted by Crippen LogP contribution is -2.20. The minimum absolute atomic E-state index is 0.0455. The first-order valence-electron chi connectivity index (χ1n) is 8.72. The van der Waals surface area contributed by atoms with Gasteiger partial charge in [-0.2, -0.15) is 0 Å². The smallest absolute Gasteiger partial charge is 0.262 e. The van der Waals surface area contributed by atoms with Gasteiger partial charge >= 0.3 is 0 Å². The molecule has 5 nitrogen and oxygen atoms in total. The normalized spacial score (nSPS) is 10.4. The van der Waals surface area contributed by atoms with Crippen molar-refractivity contribution in [2.24, 2.45) is 0 Å². The zero-order valence-corrected chi connectivity index (χ0v) is 15.7. The van der Waals surface area contributed by atoms with Crippen LogP contribution in [0.2, 0.25) is 0 Å². The second-order valence-electron chi connectivity index (χ2n) is 6.01. The van der Waals surface area contributed by atoms with E-state index in [0.29, 0.717) is 11.4 Å². The van der Waals surface area contributed by atoms with Crippen LogP contribution >= 0.6 is 11.3 Å². The van der Waals surface area contributed by atoms with E-state index >= 15 is 0 Å². The summed E-state index contributed by atoms with van der Waals surface area (Å²) in [6.07, 6.45) is 3.54. The molecule has 1 amide bonds. The van der Waals surface area contributed by atoms with Crippen LogP contribution in [0.25, 0.3) is 21.8 Å². The standard InChI is InChI=1S/C22H17N3O2S/c26-21(14-27-19-9-2-1-3-10-19)24-18-8-4-6-16(12-18)20-15-28-22(25-20)17-7-5-11-23-13-17/h1-13,15H,14H2,(H,24,26). The van der Waals surface area contributed by atoms with Crippen molar-refractivity contribution in [2.45, 2.75) is 0 Å². The fourth-order valence-corrected chi connectivity index (χ4v) is 3.47. The van der Waals surface area contributed by atoms with Crippen LogP contribution in [0.1, 0.15) is 0 Å². The summed E-state index contributed by atoms with van der Waals surface area (Å²) in [5.41, 5.74) is 3.49. The topological polar surface area (TPSA) is 64.1 Å². The fourth-order valence-electron chi connectivity index (χ4n) is 2.65. The number of ether oxygens (including phenoxy) is 1. The second-order valence-corrected chi connectivity index (χ2v) is 6.87. The van der Waals surface area contributed by atoms with Gasteiger partial charge < -0.3 is 10.1 Å². The summed E-state index contributed by atoms with van der Waals surface area (Å²) >= 11 is 1.56. The minimum atomic E-state index is -0.213. The number of aromatic nitrogens is 2. The highest BCUT2D eigenvalue weighted by Gasteiger charge is 2.09. The molecule has 0 radical (unpaired) electrons. The molecule has 2 aromatic carbocycles. The number of nitrogens with zero attached hydrogens (tertiary/aromatic N) is 2. The van der Waals surface area contributed by atoms with Crippen molar-refractivity contribution in [3.8, 4) is 27.6 Å². The van der Waals surface area contributed by atoms with Gasteiger partial charge in [-0.15, -0.1) is 11.3 Å². The number of anilines is 1. The average molecular weight is 387 g/mol. The Kier molecular flexibility index (Phi) is 5.40. The van der Waals surface area contributed by atoms with E-state index in [1.807, 2.05) is 72.1 Å². The lowest BCUT2D eigenvalue weighted by atomic mass is 10.1. The van der Waals surface area contributed by atoms with E-state index in [4.69, 9.17) is 4.74 Å². The molecule has 0 atom stereocenters. The molecule has 0 aliphatic carbocycles. The summed E-state index contributed by atoms with van der Waals surface area (Å²) in [6.45, 7) is -0.0455. The predicted molar refractivity (Wildman–Crippen MR) is 111 cm³/mol. The van der Waals surface area contributed by atoms with Crippen LogP contribution < -0.4 is 10.1 Å². The molecule has 0 bridgehead atoms. The first-order valence-corrected chi connectivity index (χ1v) is 9.60. The molecular weight excluding hydrogens is 370 g/mol. The number of carbonyl (C=O) groups excluding carboxylic acids is 1. The molecule has 1 N–H and O–H groups in total. The van der Waals surface area contributed by atoms with Crippen molar-refractivity contribution in [2.75, 3.05) is 11.9 Å². The van der Waals surface area contributed by atoms with Crippen molar-refractivity contribution in [1.82, 2.24) is 9.97 Å². The molecule has 0 unspecified atom stereocenters. The Morgan fingerprint density at radius 3 is 2.68 bits per heavy atom. The van der Waals surface area contributed by atoms with Gasteiger partial charge in [0.1, 0.15) is 10.8 Å². The molecule has 2 aromatic heterocycles. The summed E-state index contributed by atoms with van der Waals surface area (Å²) < 4.78 is 5.48. The maximum absolute atomic E-state index is 12.2. The van der Waals surface area contributed by atoms with Gasteiger partial charge in [0, 0.05) is 34.6 Å². The van der Waals surface area contributed by atoms with Crippen LogP contribution in [-0.2, 0) is 4.79 Å². The van der Waals surface area contributed by atoms with E-state index < -0.39 is 0 Å². The number of carbonyl (C=O) groups is 1. The Hall–Kier alpha value is -3.51. The van der Waals surface area contributed by atoms with E-state index in [-0.39, 0.29) is 12.5 Å². The minimum Gasteiger partial charge on any atom is -0.484 e. The number of pyridine rings is 1. The summed E-state index contributed by atoms with van der Waals surface area (Å²) in [5, 5.41) is 5.78. The highest BCUT2D eigenvalue weighted by molar-refractivity contribution is 7.13. The van der Waals surface area contributed by atoms with Crippen molar-refractivity contribution in [3.05, 3.63) is 84.5 Å². The van der Waals surface area contributed by atoms with Crippen LogP contribution in [-0.4, -0.2) is 22.5 Å². The first kappa shape index (κ1) is 17.9. The summed E-state index contributed by atoms with van der Waals surface area (Å²) in [7, 11) is 0. The summed E-state index contributed by atoms with van der Waals surface area (Å²) in [6, 6.07) is 20.8. The third-order valence-electron chi connectivity index (χ3n) is 3.97. The van der Waals surface area contributed by atoms with Gasteiger partial charge in [-0.25, -0.2) is 4.98 Å². The number of hydrogen-bond donors (Lipinski definition) is 1. The molecule has 138 valence electrons. The molecule has 0 saturated carbocycles. The number of para-hydroxylation sites is 1. The van der Waals surface area contributed by atoms with Gasteiger partial charge in [-0.05, 0) is 36.4 Å². The quantitative estimate of drug-likeness (QED) is 0.512. The number of nitrogens with one attached hydrogen (secondary N) is 1. The van der Waals surface area contributed by atoms with Crippen molar-refractivity contribution < 1.29 is 9.53 Å². The Balaban J connectivity index is 1.43. The summed E-state index contributed by atoms with van der Waals surface area (Å²) in [4.78, 5) is 21.0. The van der Waals surface area contributed by atoms with Gasteiger partial charge in [0.2, 0.25) is 0 Å². The molecule has 6 heteroatoms. The molecule has 4 aromatic rings. The SMILES string of the molecule is O=C(COc1ccccc1)Nc1cccc(-c2csc(-c3cccnc3)n2)c1. The number of benzene rings is 2. The molecule has 4 rings (SSSR count). The number of amides is 1. The fraction of sp³-hybridized carbons (Fsp3) is 0.0455. The second kappa shape index (κ2) is 8.45. The van der Waals surface area contributed by atoms with Crippen LogP contribution in [0.5, 0.6) is 5.75 Å². The Morgan fingerprint density at radius 1 is 1.00 bits per heavy atom. The Bertz CT molecular complexity index is 1070. The van der Waals surface area contributed by atoms with Crippen LogP contribution in [0.3, 0.4) is 0 Å². The van der Waals surface area contributed by atoms with Crippen molar-refractivity contribution >= 4 is 22.9 Å². The highest BCUT2D eigenvalue weighted by Crippen LogP contribution is 2.29. The van der Waals surface area contributed by atoms with E-state index in [0.717, 1.165) is 21.8 Å². The Morgan fingerprint density at radius 2 is 1.86 bits per heavy atom. The molecule has 0 aliphatic rings. The van der Waals surface area contributed by atoms with Gasteiger partial charge in [-0.1, -0.05) is 30.3 Å². The van der Waals surface area contributed by atoms with E-state index in [2.05, 4.69) is 15.3 Å². The molecule has 0 saturated heterocycles. The molecular formula is C22H17N3O2S. The van der Waals surface area contributed by atoms with E-state index in [1.165, 1.54) is 0 Å². The third kappa shape index (κ3) is 4.42. The highest BCUT2D eigenvalue weighted by atomic mass is 32.1. The maximum atomic E-state index is 12.2. The monoisotopic (exact) mass is 387 g/mol. The van der Waals surface area contributed by atoms with Crippen LogP contribution in [0, 0.1) is 0 Å². The van der Waals surface area contributed by atoms with Crippen LogP contribution in [0.4, 0.5) is 5.69 Å². The number of thiazole rings is 1. The summed E-state index contributed by atoms with van der Waals surface area (Å²) in [5.74, 6) is 0.451. The lowest BCUT2D eigenvalue weighted by molar-refractivity contribution is -0.118. The van der Waals surface area contributed by atoms with Gasteiger partial charge in [0.05, 0.1) is 5.69 Å². The Labute approximate surface area is 166 Å². The zero-order chi connectivity index (χ0) is 19.2. The van der Waals surface area contributed by atoms with Crippen LogP contribution in [0.15, 0.2) is 84.5 Å². The average Bonchev–Trinajstić information content (AvgIpc) is 3.24. The first-order chi connectivity index (χ1) is 13.8. The molecule has 28 heavy (non-hydrogen) atoms. The van der Waals surface area contributed by atoms with Crippen molar-refractivity contribution in [1.29, 1.82) is 0 Å². The van der Waals surface area contributed by atoms with E-state index in [1.54, 1.807) is 23.7 Å². The van der Waals surface area contributed by atoms with E-state index in [9.17, 15) is 4.79 Å². The van der Waals surface area contributed by atoms with Gasteiger partial charge in [0.15, 0.2) is 6.61 Å². The maximum Gasteiger partial charge on any atom is 0.262 e. The number of rotatable bonds is 6.